The summed E-state index contributed by atoms with van der Waals surface area (Å²) in [5, 5.41) is 3.20. The third-order valence-corrected chi connectivity index (χ3v) is 5.28. The van der Waals surface area contributed by atoms with E-state index < -0.39 is 0 Å². The first kappa shape index (κ1) is 15.5. The summed E-state index contributed by atoms with van der Waals surface area (Å²) in [5.74, 6) is 0.0464. The molecule has 4 nitrogen and oxygen atoms in total. The van der Waals surface area contributed by atoms with Crippen LogP contribution in [0.15, 0.2) is 36.4 Å². The second-order valence-corrected chi connectivity index (χ2v) is 7.18. The summed E-state index contributed by atoms with van der Waals surface area (Å²) < 4.78 is 2.20. The molecule has 1 aliphatic carbocycles. The molecule has 1 saturated carbocycles. The number of aryl methyl sites for hydroxylation is 2. The fraction of sp³-hybridized carbons (Fsp3) is 0.450. The molecule has 1 aliphatic heterocycles. The molecule has 1 aromatic carbocycles. The minimum atomic E-state index is 0.0464. The quantitative estimate of drug-likeness (QED) is 0.939. The highest BCUT2D eigenvalue weighted by molar-refractivity contribution is 5.94. The Labute approximate surface area is 143 Å². The van der Waals surface area contributed by atoms with E-state index in [0.29, 0.717) is 6.04 Å². The van der Waals surface area contributed by atoms with Crippen LogP contribution in [0.5, 0.6) is 0 Å². The molecule has 2 fully saturated rings. The van der Waals surface area contributed by atoms with Gasteiger partial charge in [0.25, 0.3) is 5.91 Å². The first-order valence-electron chi connectivity index (χ1n) is 8.92. The van der Waals surface area contributed by atoms with Crippen molar-refractivity contribution in [3.8, 4) is 5.69 Å². The van der Waals surface area contributed by atoms with Crippen LogP contribution in [0.25, 0.3) is 5.69 Å². The number of nitrogens with one attached hydrogen (secondary N) is 1. The second kappa shape index (κ2) is 6.10. The molecule has 4 rings (SSSR count). The van der Waals surface area contributed by atoms with Crippen LogP contribution in [0.1, 0.15) is 41.0 Å². The first-order valence-corrected chi connectivity index (χ1v) is 8.92. The number of amides is 1. The van der Waals surface area contributed by atoms with E-state index in [1.54, 1.807) is 0 Å². The number of rotatable bonds is 4. The average Bonchev–Trinajstić information content (AvgIpc) is 3.24. The van der Waals surface area contributed by atoms with E-state index >= 15 is 0 Å². The van der Waals surface area contributed by atoms with Crippen molar-refractivity contribution in [1.29, 1.82) is 0 Å². The van der Waals surface area contributed by atoms with Crippen LogP contribution in [-0.4, -0.2) is 40.5 Å². The van der Waals surface area contributed by atoms with Crippen LogP contribution in [0.4, 0.5) is 0 Å². The van der Waals surface area contributed by atoms with Gasteiger partial charge in [0.2, 0.25) is 0 Å². The third kappa shape index (κ3) is 2.98. The van der Waals surface area contributed by atoms with Crippen LogP contribution in [-0.2, 0) is 0 Å². The topological polar surface area (TPSA) is 37.3 Å². The summed E-state index contributed by atoms with van der Waals surface area (Å²) in [7, 11) is 0. The maximum absolute atomic E-state index is 12.5. The van der Waals surface area contributed by atoms with Gasteiger partial charge >= 0.3 is 0 Å². The Kier molecular flexibility index (Phi) is 3.93. The molecular weight excluding hydrogens is 298 g/mol. The third-order valence-electron chi connectivity index (χ3n) is 5.28. The molecule has 1 N–H and O–H groups in total. The zero-order valence-electron chi connectivity index (χ0n) is 14.5. The Hall–Kier alpha value is -2.07. The van der Waals surface area contributed by atoms with Crippen molar-refractivity contribution in [2.45, 2.75) is 45.2 Å². The van der Waals surface area contributed by atoms with Crippen molar-refractivity contribution in [2.75, 3.05) is 13.1 Å². The highest BCUT2D eigenvalue weighted by Crippen LogP contribution is 2.29. The normalized spacial score (nSPS) is 21.2. The van der Waals surface area contributed by atoms with Crippen molar-refractivity contribution in [3.05, 3.63) is 53.3 Å². The fourth-order valence-electron chi connectivity index (χ4n) is 3.78. The van der Waals surface area contributed by atoms with Crippen molar-refractivity contribution in [2.24, 2.45) is 0 Å². The Morgan fingerprint density at radius 1 is 1.00 bits per heavy atom. The van der Waals surface area contributed by atoms with Crippen molar-refractivity contribution in [1.82, 2.24) is 14.8 Å². The Bertz CT molecular complexity index is 723. The lowest BCUT2D eigenvalue weighted by atomic mass is 10.1. The highest BCUT2D eigenvalue weighted by atomic mass is 16.1. The van der Waals surface area contributed by atoms with E-state index in [4.69, 9.17) is 0 Å². The van der Waals surface area contributed by atoms with Crippen LogP contribution >= 0.6 is 0 Å². The molecule has 0 spiro atoms. The van der Waals surface area contributed by atoms with Gasteiger partial charge in [-0.3, -0.25) is 9.69 Å². The molecule has 24 heavy (non-hydrogen) atoms. The summed E-state index contributed by atoms with van der Waals surface area (Å²) in [6.07, 6.45) is 3.74. The zero-order chi connectivity index (χ0) is 16.7. The van der Waals surface area contributed by atoms with Crippen LogP contribution in [0, 0.1) is 13.8 Å². The molecular formula is C20H25N3O. The molecule has 4 heteroatoms. The molecule has 1 amide bonds. The minimum absolute atomic E-state index is 0.0464. The predicted molar refractivity (Wildman–Crippen MR) is 95.7 cm³/mol. The van der Waals surface area contributed by atoms with E-state index in [9.17, 15) is 4.79 Å². The van der Waals surface area contributed by atoms with Crippen LogP contribution < -0.4 is 5.32 Å². The molecule has 126 valence electrons. The van der Waals surface area contributed by atoms with Gasteiger partial charge in [0.15, 0.2) is 0 Å². The summed E-state index contributed by atoms with van der Waals surface area (Å²) in [6, 6.07) is 13.2. The van der Waals surface area contributed by atoms with Gasteiger partial charge in [0, 0.05) is 47.8 Å². The Morgan fingerprint density at radius 3 is 2.29 bits per heavy atom. The number of carbonyl (C=O) groups is 1. The van der Waals surface area contributed by atoms with E-state index in [0.717, 1.165) is 36.8 Å². The molecule has 0 radical (unpaired) electrons. The van der Waals surface area contributed by atoms with Gasteiger partial charge < -0.3 is 9.88 Å². The molecule has 0 unspecified atom stereocenters. The summed E-state index contributed by atoms with van der Waals surface area (Å²) in [5.41, 5.74) is 4.25. The van der Waals surface area contributed by atoms with Crippen molar-refractivity contribution < 1.29 is 4.79 Å². The van der Waals surface area contributed by atoms with Gasteiger partial charge in [-0.1, -0.05) is 0 Å². The monoisotopic (exact) mass is 323 g/mol. The van der Waals surface area contributed by atoms with Crippen LogP contribution in [0.3, 0.4) is 0 Å². The molecule has 2 aliphatic rings. The fourth-order valence-corrected chi connectivity index (χ4v) is 3.78. The SMILES string of the molecule is Cc1ccc(C)n1-c1ccc(C(=O)N[C@@H]2CCN(C3CC3)C2)cc1. The first-order chi connectivity index (χ1) is 11.6. The van der Waals surface area contributed by atoms with Gasteiger partial charge in [-0.15, -0.1) is 0 Å². The second-order valence-electron chi connectivity index (χ2n) is 7.18. The van der Waals surface area contributed by atoms with E-state index in [2.05, 4.69) is 40.8 Å². The summed E-state index contributed by atoms with van der Waals surface area (Å²) in [6.45, 7) is 6.33. The van der Waals surface area contributed by atoms with E-state index in [1.165, 1.54) is 24.2 Å². The van der Waals surface area contributed by atoms with E-state index in [1.807, 2.05) is 24.3 Å². The zero-order valence-corrected chi connectivity index (χ0v) is 14.5. The number of aromatic nitrogens is 1. The molecule has 1 atom stereocenters. The van der Waals surface area contributed by atoms with Gasteiger partial charge in [0.1, 0.15) is 0 Å². The molecule has 1 aromatic heterocycles. The smallest absolute Gasteiger partial charge is 0.251 e. The maximum Gasteiger partial charge on any atom is 0.251 e. The van der Waals surface area contributed by atoms with E-state index in [-0.39, 0.29) is 5.91 Å². The Balaban J connectivity index is 1.42. The summed E-state index contributed by atoms with van der Waals surface area (Å²) >= 11 is 0. The average molecular weight is 323 g/mol. The maximum atomic E-state index is 12.5. The number of hydrogen-bond donors (Lipinski definition) is 1. The molecule has 2 aromatic rings. The van der Waals surface area contributed by atoms with Gasteiger partial charge in [-0.2, -0.15) is 0 Å². The van der Waals surface area contributed by atoms with Crippen molar-refractivity contribution in [3.63, 3.8) is 0 Å². The predicted octanol–water partition coefficient (Wildman–Crippen LogP) is 3.06. The number of likely N-dealkylation sites (tertiary alicyclic amines) is 1. The highest BCUT2D eigenvalue weighted by Gasteiger charge is 2.34. The number of hydrogen-bond acceptors (Lipinski definition) is 2. The lowest BCUT2D eigenvalue weighted by molar-refractivity contribution is 0.0937. The number of carbonyl (C=O) groups excluding carboxylic acids is 1. The van der Waals surface area contributed by atoms with Crippen LogP contribution in [0.2, 0.25) is 0 Å². The number of benzene rings is 1. The largest absolute Gasteiger partial charge is 0.348 e. The number of nitrogens with zero attached hydrogens (tertiary/aromatic N) is 2. The van der Waals surface area contributed by atoms with Gasteiger partial charge in [0.05, 0.1) is 0 Å². The van der Waals surface area contributed by atoms with Gasteiger partial charge in [-0.25, -0.2) is 0 Å². The standard InChI is InChI=1S/C20H25N3O/c1-14-3-4-15(2)23(14)19-7-5-16(6-8-19)20(24)21-17-11-12-22(13-17)18-9-10-18/h3-8,17-18H,9-13H2,1-2H3,(H,21,24)/t17-/m1/s1. The lowest BCUT2D eigenvalue weighted by Gasteiger charge is -2.16. The Morgan fingerprint density at radius 2 is 1.67 bits per heavy atom. The molecule has 1 saturated heterocycles. The molecule has 0 bridgehead atoms. The lowest BCUT2D eigenvalue weighted by Crippen LogP contribution is -2.37. The molecule has 2 heterocycles. The van der Waals surface area contributed by atoms with Crippen molar-refractivity contribution >= 4 is 5.91 Å². The minimum Gasteiger partial charge on any atom is -0.348 e. The summed E-state index contributed by atoms with van der Waals surface area (Å²) in [4.78, 5) is 15.0. The van der Waals surface area contributed by atoms with Gasteiger partial charge in [-0.05, 0) is 69.5 Å².